The summed E-state index contributed by atoms with van der Waals surface area (Å²) in [6.07, 6.45) is 7.40. The first-order valence-corrected chi connectivity index (χ1v) is 9.17. The maximum Gasteiger partial charge on any atom is 0.123 e. The molecule has 2 rings (SSSR count). The summed E-state index contributed by atoms with van der Waals surface area (Å²) in [6, 6.07) is 3.67. The third-order valence-corrected chi connectivity index (χ3v) is 5.16. The molecule has 0 radical (unpaired) electrons. The number of phenolic OH excluding ortho intramolecular Hbond substituents is 2. The van der Waals surface area contributed by atoms with Gasteiger partial charge < -0.3 is 10.2 Å². The van der Waals surface area contributed by atoms with Crippen LogP contribution in [0.15, 0.2) is 35.9 Å². The predicted octanol–water partition coefficient (Wildman–Crippen LogP) is 6.09. The van der Waals surface area contributed by atoms with E-state index in [9.17, 15) is 10.2 Å². The molecule has 0 fully saturated rings. The lowest BCUT2D eigenvalue weighted by atomic mass is 9.73. The van der Waals surface area contributed by atoms with Crippen molar-refractivity contribution in [2.24, 2.45) is 11.8 Å². The summed E-state index contributed by atoms with van der Waals surface area (Å²) in [7, 11) is 0. The SMILES string of the molecule is C=C(C)C1CCC(C)=C[C@H]1c1c(O)cc(CCCC(C)C)cc1O. The zero-order valence-corrected chi connectivity index (χ0v) is 15.6. The molecule has 2 atom stereocenters. The molecule has 2 N–H and O–H groups in total. The first kappa shape index (κ1) is 18.6. The largest absolute Gasteiger partial charge is 0.507 e. The van der Waals surface area contributed by atoms with Gasteiger partial charge >= 0.3 is 0 Å². The minimum Gasteiger partial charge on any atom is -0.507 e. The Labute approximate surface area is 146 Å². The molecule has 1 aromatic carbocycles. The van der Waals surface area contributed by atoms with Gasteiger partial charge in [0.25, 0.3) is 0 Å². The first-order chi connectivity index (χ1) is 11.3. The molecule has 0 amide bonds. The number of benzene rings is 1. The Morgan fingerprint density at radius 1 is 1.25 bits per heavy atom. The van der Waals surface area contributed by atoms with E-state index in [1.807, 2.05) is 19.1 Å². The highest BCUT2D eigenvalue weighted by atomic mass is 16.3. The third kappa shape index (κ3) is 4.43. The number of aromatic hydroxyl groups is 2. The number of rotatable bonds is 6. The van der Waals surface area contributed by atoms with Crippen molar-refractivity contribution in [2.45, 2.75) is 65.7 Å². The van der Waals surface area contributed by atoms with Crippen molar-refractivity contribution in [1.82, 2.24) is 0 Å². The minimum absolute atomic E-state index is 0.0148. The molecular formula is C22H32O2. The predicted molar refractivity (Wildman–Crippen MR) is 102 cm³/mol. The molecular weight excluding hydrogens is 296 g/mol. The number of hydrogen-bond donors (Lipinski definition) is 2. The highest BCUT2D eigenvalue weighted by Crippen LogP contribution is 2.46. The number of allylic oxidation sites excluding steroid dienone is 3. The first-order valence-electron chi connectivity index (χ1n) is 9.17. The highest BCUT2D eigenvalue weighted by Gasteiger charge is 2.30. The van der Waals surface area contributed by atoms with E-state index in [0.29, 0.717) is 11.5 Å². The van der Waals surface area contributed by atoms with Gasteiger partial charge in [-0.3, -0.25) is 0 Å². The van der Waals surface area contributed by atoms with Crippen LogP contribution in [0.25, 0.3) is 0 Å². The Bertz CT molecular complexity index is 602. The molecule has 2 nitrogen and oxygen atoms in total. The van der Waals surface area contributed by atoms with Crippen molar-refractivity contribution in [3.63, 3.8) is 0 Å². The number of hydrogen-bond acceptors (Lipinski definition) is 2. The van der Waals surface area contributed by atoms with Crippen molar-refractivity contribution in [3.05, 3.63) is 47.1 Å². The van der Waals surface area contributed by atoms with Gasteiger partial charge in [-0.25, -0.2) is 0 Å². The van der Waals surface area contributed by atoms with Gasteiger partial charge in [-0.15, -0.1) is 0 Å². The van der Waals surface area contributed by atoms with Gasteiger partial charge in [0, 0.05) is 11.5 Å². The summed E-state index contributed by atoms with van der Waals surface area (Å²) in [5.74, 6) is 1.41. The van der Waals surface area contributed by atoms with Crippen molar-refractivity contribution < 1.29 is 10.2 Å². The van der Waals surface area contributed by atoms with E-state index in [2.05, 4.69) is 33.4 Å². The van der Waals surface area contributed by atoms with Gasteiger partial charge in [0.1, 0.15) is 11.5 Å². The van der Waals surface area contributed by atoms with Gasteiger partial charge in [-0.05, 0) is 69.1 Å². The second-order valence-corrected chi connectivity index (χ2v) is 7.86. The summed E-state index contributed by atoms with van der Waals surface area (Å²) < 4.78 is 0. The molecule has 0 saturated carbocycles. The lowest BCUT2D eigenvalue weighted by molar-refractivity contribution is 0.406. The van der Waals surface area contributed by atoms with Crippen molar-refractivity contribution >= 4 is 0 Å². The van der Waals surface area contributed by atoms with Gasteiger partial charge in [0.15, 0.2) is 0 Å². The quantitative estimate of drug-likeness (QED) is 0.620. The molecule has 1 unspecified atom stereocenters. The van der Waals surface area contributed by atoms with Gasteiger partial charge in [-0.2, -0.15) is 0 Å². The Morgan fingerprint density at radius 2 is 1.88 bits per heavy atom. The van der Waals surface area contributed by atoms with Crippen molar-refractivity contribution in [3.8, 4) is 11.5 Å². The number of phenols is 2. The van der Waals surface area contributed by atoms with Crippen LogP contribution in [0.2, 0.25) is 0 Å². The van der Waals surface area contributed by atoms with E-state index in [0.717, 1.165) is 43.2 Å². The van der Waals surface area contributed by atoms with Gasteiger partial charge in [-0.1, -0.05) is 44.1 Å². The van der Waals surface area contributed by atoms with Gasteiger partial charge in [0.05, 0.1) is 0 Å². The van der Waals surface area contributed by atoms with E-state index in [1.54, 1.807) is 0 Å². The molecule has 1 aromatic rings. The Hall–Kier alpha value is -1.70. The zero-order chi connectivity index (χ0) is 17.9. The van der Waals surface area contributed by atoms with E-state index >= 15 is 0 Å². The maximum absolute atomic E-state index is 10.6. The number of aryl methyl sites for hydroxylation is 1. The fourth-order valence-corrected chi connectivity index (χ4v) is 3.79. The van der Waals surface area contributed by atoms with E-state index in [1.165, 1.54) is 5.57 Å². The summed E-state index contributed by atoms with van der Waals surface area (Å²) in [5.41, 5.74) is 4.10. The molecule has 0 heterocycles. The molecule has 1 aliphatic carbocycles. The summed E-state index contributed by atoms with van der Waals surface area (Å²) in [6.45, 7) is 12.7. The molecule has 24 heavy (non-hydrogen) atoms. The molecule has 0 aliphatic heterocycles. The van der Waals surface area contributed by atoms with Crippen LogP contribution in [0, 0.1) is 11.8 Å². The lowest BCUT2D eigenvalue weighted by Crippen LogP contribution is -2.17. The zero-order valence-electron chi connectivity index (χ0n) is 15.6. The standard InChI is InChI=1S/C22H32O2/c1-14(2)7-6-8-17-12-20(23)22(21(24)13-17)19-11-16(5)9-10-18(19)15(3)4/h11-14,18-19,23-24H,3,6-10H2,1-2,4-5H3/t18?,19-/m1/s1. The average molecular weight is 328 g/mol. The van der Waals surface area contributed by atoms with E-state index in [-0.39, 0.29) is 23.3 Å². The van der Waals surface area contributed by atoms with Crippen LogP contribution in [-0.2, 0) is 6.42 Å². The molecule has 0 spiro atoms. The van der Waals surface area contributed by atoms with Crippen LogP contribution < -0.4 is 0 Å². The fourth-order valence-electron chi connectivity index (χ4n) is 3.79. The van der Waals surface area contributed by atoms with Crippen LogP contribution in [0.5, 0.6) is 11.5 Å². The van der Waals surface area contributed by atoms with Crippen LogP contribution in [0.1, 0.15) is 70.4 Å². The van der Waals surface area contributed by atoms with Crippen molar-refractivity contribution in [1.29, 1.82) is 0 Å². The van der Waals surface area contributed by atoms with E-state index < -0.39 is 0 Å². The minimum atomic E-state index is 0.0148. The average Bonchev–Trinajstić information content (AvgIpc) is 2.45. The van der Waals surface area contributed by atoms with E-state index in [4.69, 9.17) is 0 Å². The summed E-state index contributed by atoms with van der Waals surface area (Å²) >= 11 is 0. The normalized spacial score (nSPS) is 21.0. The fraction of sp³-hybridized carbons (Fsp3) is 0.545. The van der Waals surface area contributed by atoms with Crippen LogP contribution in [-0.4, -0.2) is 10.2 Å². The molecule has 0 aromatic heterocycles. The second kappa shape index (κ2) is 7.92. The van der Waals surface area contributed by atoms with Crippen LogP contribution >= 0.6 is 0 Å². The third-order valence-electron chi connectivity index (χ3n) is 5.16. The molecule has 0 bridgehead atoms. The highest BCUT2D eigenvalue weighted by molar-refractivity contribution is 5.51. The maximum atomic E-state index is 10.6. The monoisotopic (exact) mass is 328 g/mol. The van der Waals surface area contributed by atoms with Crippen molar-refractivity contribution in [2.75, 3.05) is 0 Å². The molecule has 1 aliphatic rings. The molecule has 132 valence electrons. The lowest BCUT2D eigenvalue weighted by Gasteiger charge is -2.31. The smallest absolute Gasteiger partial charge is 0.123 e. The Balaban J connectivity index is 2.29. The van der Waals surface area contributed by atoms with Crippen LogP contribution in [0.4, 0.5) is 0 Å². The molecule has 2 heteroatoms. The van der Waals surface area contributed by atoms with Gasteiger partial charge in [0.2, 0.25) is 0 Å². The second-order valence-electron chi connectivity index (χ2n) is 7.86. The summed E-state index contributed by atoms with van der Waals surface area (Å²) in [5, 5.41) is 21.2. The van der Waals surface area contributed by atoms with Crippen LogP contribution in [0.3, 0.4) is 0 Å². The summed E-state index contributed by atoms with van der Waals surface area (Å²) in [4.78, 5) is 0. The Morgan fingerprint density at radius 3 is 2.42 bits per heavy atom. The topological polar surface area (TPSA) is 40.5 Å². The Kier molecular flexibility index (Phi) is 6.15. The molecule has 0 saturated heterocycles.